The van der Waals surface area contributed by atoms with Crippen LogP contribution in [-0.2, 0) is 14.1 Å². The van der Waals surface area contributed by atoms with Gasteiger partial charge >= 0.3 is 0 Å². The van der Waals surface area contributed by atoms with E-state index in [-0.39, 0.29) is 53.4 Å². The third-order valence-corrected chi connectivity index (χ3v) is 13.1. The number of nitrogens with two attached hydrogens (primary N) is 2. The van der Waals surface area contributed by atoms with E-state index in [1.165, 1.54) is 9.03 Å². The quantitative estimate of drug-likeness (QED) is 0.116. The number of halogens is 1. The number of nitrogen functional groups attached to an aromatic ring is 2. The van der Waals surface area contributed by atoms with E-state index in [2.05, 4.69) is 58.8 Å². The van der Waals surface area contributed by atoms with E-state index in [1.54, 1.807) is 80.1 Å². The van der Waals surface area contributed by atoms with Crippen molar-refractivity contribution in [1.82, 2.24) is 68.5 Å². The van der Waals surface area contributed by atoms with E-state index in [4.69, 9.17) is 29.5 Å². The summed E-state index contributed by atoms with van der Waals surface area (Å²) in [7, 11) is 3.67. The Bertz CT molecular complexity index is 4120. The molecule has 2 aliphatic rings. The Hall–Kier alpha value is -9.53. The molecular weight excluding hydrogens is 984 g/mol. The standard InChI is InChI=1S/C27H24N8O2.C21H19ClN6O2.C6H6N2.CH4/c1-16(31-26(36)23-24(28)32-34-12-4-11-29-25(23)34)21-13-19-6-3-5-18(8-7-17-14-30-33(2)15-17)22(19)27(37)35(21)20-9-10-20;1-11(25-20(29)17-18(23)26-27-9-3-8-24-19(17)27)15-10-12-4-2-5-14(22)16(12)21(30)28(15)13-6-7-13;1-3-6-4-7-8(2)5-6;/h3-6,11-16,20H,9-10H2,1-2H3,(H2,28,32)(H,31,36);2-5,8-11,13H,6-7H2,1H3,(H2,23,26)(H,25,29);1,4-5H,2H3;1H4/t16-;11-;;/m00../s1. The number of hydrogen-bond donors (Lipinski definition) is 4. The topological polar surface area (TPSA) is 250 Å². The maximum absolute atomic E-state index is 13.8. The van der Waals surface area contributed by atoms with Crippen molar-refractivity contribution in [3.8, 4) is 24.2 Å². The van der Waals surface area contributed by atoms with Crippen LogP contribution in [0.3, 0.4) is 0 Å². The van der Waals surface area contributed by atoms with Gasteiger partial charge in [0.05, 0.1) is 51.4 Å². The molecule has 8 heterocycles. The third kappa shape index (κ3) is 10.2. The van der Waals surface area contributed by atoms with Crippen LogP contribution in [0.5, 0.6) is 0 Å². The van der Waals surface area contributed by atoms with Crippen molar-refractivity contribution in [2.24, 2.45) is 14.1 Å². The third-order valence-electron chi connectivity index (χ3n) is 12.8. The molecule has 0 spiro atoms. The highest BCUT2D eigenvalue weighted by Gasteiger charge is 2.32. The van der Waals surface area contributed by atoms with Crippen molar-refractivity contribution < 1.29 is 9.59 Å². The maximum atomic E-state index is 13.8. The maximum Gasteiger partial charge on any atom is 0.260 e. The van der Waals surface area contributed by atoms with Gasteiger partial charge in [-0.3, -0.25) is 28.5 Å². The number of pyridine rings is 2. The lowest BCUT2D eigenvalue weighted by Crippen LogP contribution is -2.33. The van der Waals surface area contributed by atoms with Crippen molar-refractivity contribution in [1.29, 1.82) is 0 Å². The van der Waals surface area contributed by atoms with Gasteiger partial charge in [-0.05, 0) is 86.7 Å². The summed E-state index contributed by atoms with van der Waals surface area (Å²) in [4.78, 5) is 61.8. The number of carbonyl (C=O) groups is 2. The Morgan fingerprint density at radius 2 is 1.17 bits per heavy atom. The minimum atomic E-state index is -0.464. The fourth-order valence-electron chi connectivity index (χ4n) is 8.99. The summed E-state index contributed by atoms with van der Waals surface area (Å²) in [6, 6.07) is 17.6. The number of rotatable bonds is 8. The molecule has 384 valence electrons. The lowest BCUT2D eigenvalue weighted by atomic mass is 10.0. The van der Waals surface area contributed by atoms with Crippen LogP contribution < -0.4 is 33.2 Å². The van der Waals surface area contributed by atoms with Gasteiger partial charge in [0.25, 0.3) is 22.9 Å². The first-order chi connectivity index (χ1) is 36.2. The zero-order chi connectivity index (χ0) is 52.7. The first kappa shape index (κ1) is 51.4. The van der Waals surface area contributed by atoms with Gasteiger partial charge < -0.3 is 31.2 Å². The van der Waals surface area contributed by atoms with E-state index in [0.717, 1.165) is 59.0 Å². The van der Waals surface area contributed by atoms with Crippen molar-refractivity contribution in [2.45, 2.75) is 71.1 Å². The van der Waals surface area contributed by atoms with Crippen LogP contribution in [-0.4, -0.2) is 69.7 Å². The molecule has 2 amide bonds. The molecule has 6 N–H and O–H groups in total. The molecule has 2 aliphatic carbocycles. The number of nitrogens with one attached hydrogen (secondary N) is 2. The molecule has 76 heavy (non-hydrogen) atoms. The number of nitrogens with zero attached hydrogens (tertiary/aromatic N) is 12. The molecule has 0 bridgehead atoms. The van der Waals surface area contributed by atoms with Crippen LogP contribution in [0.15, 0.2) is 120 Å². The molecule has 2 fully saturated rings. The SMILES string of the molecule is C.C#Cc1cnn(C)c1.C[C@H](NC(=O)c1c(N)nn2cccnc12)c1cc2cccc(C#Cc3cnn(C)c3)c2c(=O)n1C1CC1.C[C@H](NC(=O)c1c(N)nn2cccnc12)c1cc2cccc(Cl)c2c(=O)n1C1CC1. The Labute approximate surface area is 440 Å². The second kappa shape index (κ2) is 21.1. The normalized spacial score (nSPS) is 13.5. The molecule has 20 nitrogen and oxygen atoms in total. The highest BCUT2D eigenvalue weighted by Crippen LogP contribution is 2.38. The monoisotopic (exact) mass is 1040 g/mol. The number of anilines is 2. The fraction of sp³-hybridized carbons (Fsp3) is 0.236. The van der Waals surface area contributed by atoms with Crippen molar-refractivity contribution >= 4 is 67.9 Å². The Morgan fingerprint density at radius 3 is 1.63 bits per heavy atom. The van der Waals surface area contributed by atoms with E-state index in [9.17, 15) is 19.2 Å². The van der Waals surface area contributed by atoms with Crippen molar-refractivity contribution in [3.05, 3.63) is 175 Å². The average Bonchev–Trinajstić information content (AvgIpc) is 4.28. The number of amides is 2. The Kier molecular flexibility index (Phi) is 14.3. The zero-order valence-electron chi connectivity index (χ0n) is 41.1. The largest absolute Gasteiger partial charge is 0.381 e. The van der Waals surface area contributed by atoms with Gasteiger partial charge in [0.1, 0.15) is 11.1 Å². The highest BCUT2D eigenvalue weighted by atomic mass is 35.5. The van der Waals surface area contributed by atoms with Crippen LogP contribution in [0.1, 0.15) is 120 Å². The smallest absolute Gasteiger partial charge is 0.260 e. The van der Waals surface area contributed by atoms with E-state index >= 15 is 0 Å². The second-order valence-corrected chi connectivity index (χ2v) is 18.7. The van der Waals surface area contributed by atoms with Crippen molar-refractivity contribution in [3.63, 3.8) is 0 Å². The molecule has 0 unspecified atom stereocenters. The number of benzene rings is 2. The molecule has 0 aliphatic heterocycles. The molecule has 2 aromatic carbocycles. The lowest BCUT2D eigenvalue weighted by molar-refractivity contribution is 0.0932. The number of terminal acetylenes is 1. The minimum absolute atomic E-state index is 0. The van der Waals surface area contributed by atoms with Crippen LogP contribution in [0, 0.1) is 24.2 Å². The molecule has 12 rings (SSSR count). The van der Waals surface area contributed by atoms with Gasteiger partial charge in [-0.15, -0.1) is 16.6 Å². The number of hydrogen-bond acceptors (Lipinski definition) is 12. The van der Waals surface area contributed by atoms with E-state index < -0.39 is 23.9 Å². The Morgan fingerprint density at radius 1 is 0.697 bits per heavy atom. The van der Waals surface area contributed by atoms with E-state index in [1.807, 2.05) is 76.6 Å². The molecule has 0 radical (unpaired) electrons. The fourth-order valence-corrected chi connectivity index (χ4v) is 9.25. The second-order valence-electron chi connectivity index (χ2n) is 18.3. The van der Waals surface area contributed by atoms with Crippen molar-refractivity contribution in [2.75, 3.05) is 11.5 Å². The van der Waals surface area contributed by atoms with Gasteiger partial charge in [0, 0.05) is 80.3 Å². The summed E-state index contributed by atoms with van der Waals surface area (Å²) in [5, 5.41) is 25.3. The summed E-state index contributed by atoms with van der Waals surface area (Å²) in [6.07, 6.45) is 22.2. The zero-order valence-corrected chi connectivity index (χ0v) is 41.9. The number of fused-ring (bicyclic) bond motifs is 4. The minimum Gasteiger partial charge on any atom is -0.381 e. The summed E-state index contributed by atoms with van der Waals surface area (Å²) in [5.74, 6) is 8.12. The molecule has 8 aromatic heterocycles. The Balaban J connectivity index is 0.000000162. The van der Waals surface area contributed by atoms with Gasteiger partial charge in [-0.2, -0.15) is 10.2 Å². The molecule has 2 atom stereocenters. The average molecular weight is 1040 g/mol. The van der Waals surface area contributed by atoms with Crippen LogP contribution in [0.4, 0.5) is 11.6 Å². The van der Waals surface area contributed by atoms with Gasteiger partial charge in [-0.25, -0.2) is 19.0 Å². The molecule has 21 heteroatoms. The van der Waals surface area contributed by atoms with Crippen LogP contribution in [0.25, 0.3) is 32.8 Å². The van der Waals surface area contributed by atoms with Crippen LogP contribution in [0.2, 0.25) is 5.02 Å². The summed E-state index contributed by atoms with van der Waals surface area (Å²) in [6.45, 7) is 3.70. The number of carbonyl (C=O) groups excluding carboxylic acids is 2. The van der Waals surface area contributed by atoms with Gasteiger partial charge in [-0.1, -0.05) is 61.1 Å². The molecule has 0 saturated heterocycles. The summed E-state index contributed by atoms with van der Waals surface area (Å²) >= 11 is 6.30. The first-order valence-electron chi connectivity index (χ1n) is 24.0. The first-order valence-corrected chi connectivity index (χ1v) is 24.3. The highest BCUT2D eigenvalue weighted by molar-refractivity contribution is 6.35. The molecular formula is C55H53ClN16O4. The summed E-state index contributed by atoms with van der Waals surface area (Å²) < 4.78 is 9.87. The number of aromatic nitrogens is 12. The lowest BCUT2D eigenvalue weighted by Gasteiger charge is -2.21. The molecule has 10 aromatic rings. The predicted octanol–water partition coefficient (Wildman–Crippen LogP) is 6.73. The number of aryl methyl sites for hydroxylation is 2. The van der Waals surface area contributed by atoms with Gasteiger partial charge in [0.2, 0.25) is 0 Å². The summed E-state index contributed by atoms with van der Waals surface area (Å²) in [5.41, 5.74) is 16.7. The van der Waals surface area contributed by atoms with E-state index in [0.29, 0.717) is 32.7 Å². The molecule has 2 saturated carbocycles. The van der Waals surface area contributed by atoms with Crippen LogP contribution >= 0.6 is 11.6 Å². The van der Waals surface area contributed by atoms with Gasteiger partial charge in [0.15, 0.2) is 22.9 Å². The predicted molar refractivity (Wildman–Crippen MR) is 292 cm³/mol.